The number of thioether (sulfide) groups is 1. The van der Waals surface area contributed by atoms with Crippen molar-refractivity contribution in [2.75, 3.05) is 6.26 Å². The molecule has 0 unspecified atom stereocenters. The van der Waals surface area contributed by atoms with Crippen molar-refractivity contribution in [1.82, 2.24) is 9.97 Å². The molecule has 92 valence electrons. The molecule has 2 N–H and O–H groups in total. The minimum Gasteiger partial charge on any atom is -0.491 e. The molecule has 0 aliphatic carbocycles. The van der Waals surface area contributed by atoms with Gasteiger partial charge in [-0.1, -0.05) is 30.0 Å². The van der Waals surface area contributed by atoms with Crippen molar-refractivity contribution in [3.05, 3.63) is 30.3 Å². The average molecular weight is 262 g/mol. The molecule has 0 radical (unpaired) electrons. The third-order valence-electron chi connectivity index (χ3n) is 2.03. The van der Waals surface area contributed by atoms with Crippen LogP contribution in [0.4, 0.5) is 11.4 Å². The quantitative estimate of drug-likeness (QED) is 0.504. The van der Waals surface area contributed by atoms with Crippen LogP contribution in [0.5, 0.6) is 11.8 Å². The van der Waals surface area contributed by atoms with Crippen LogP contribution in [0.2, 0.25) is 0 Å². The van der Waals surface area contributed by atoms with Crippen molar-refractivity contribution < 1.29 is 10.2 Å². The van der Waals surface area contributed by atoms with Gasteiger partial charge in [-0.05, 0) is 18.4 Å². The molecule has 0 atom stereocenters. The average Bonchev–Trinajstić information content (AvgIpc) is 2.38. The number of hydrogen-bond acceptors (Lipinski definition) is 7. The van der Waals surface area contributed by atoms with Gasteiger partial charge < -0.3 is 10.2 Å². The lowest BCUT2D eigenvalue weighted by Gasteiger charge is -2.01. The fourth-order valence-corrected chi connectivity index (χ4v) is 1.55. The fourth-order valence-electron chi connectivity index (χ4n) is 1.20. The number of nitrogens with zero attached hydrogens (tertiary/aromatic N) is 4. The Balaban J connectivity index is 2.32. The molecular weight excluding hydrogens is 252 g/mol. The van der Waals surface area contributed by atoms with Crippen molar-refractivity contribution in [3.63, 3.8) is 0 Å². The van der Waals surface area contributed by atoms with Gasteiger partial charge in [-0.15, -0.1) is 5.11 Å². The fraction of sp³-hybridized carbons (Fsp3) is 0.0909. The molecule has 0 aliphatic heterocycles. The van der Waals surface area contributed by atoms with E-state index < -0.39 is 11.8 Å². The first-order valence-corrected chi connectivity index (χ1v) is 6.24. The van der Waals surface area contributed by atoms with Crippen LogP contribution >= 0.6 is 11.8 Å². The van der Waals surface area contributed by atoms with Gasteiger partial charge in [0.25, 0.3) is 0 Å². The number of rotatable bonds is 3. The third-order valence-corrected chi connectivity index (χ3v) is 2.58. The van der Waals surface area contributed by atoms with Crippen LogP contribution in [-0.2, 0) is 0 Å². The molecule has 0 saturated heterocycles. The number of hydrogen-bond donors (Lipinski definition) is 2. The predicted octanol–water partition coefficient (Wildman–Crippen LogP) is 3.03. The second-order valence-electron chi connectivity index (χ2n) is 3.24. The van der Waals surface area contributed by atoms with Crippen molar-refractivity contribution >= 4 is 23.1 Å². The van der Waals surface area contributed by atoms with Crippen LogP contribution in [0, 0.1) is 0 Å². The van der Waals surface area contributed by atoms with E-state index in [2.05, 4.69) is 20.2 Å². The van der Waals surface area contributed by atoms with Crippen LogP contribution in [-0.4, -0.2) is 26.4 Å². The Morgan fingerprint density at radius 3 is 2.17 bits per heavy atom. The summed E-state index contributed by atoms with van der Waals surface area (Å²) in [6.07, 6.45) is 1.74. The summed E-state index contributed by atoms with van der Waals surface area (Å²) in [6, 6.07) is 8.95. The van der Waals surface area contributed by atoms with E-state index in [4.69, 9.17) is 0 Å². The van der Waals surface area contributed by atoms with Crippen molar-refractivity contribution in [2.45, 2.75) is 5.16 Å². The van der Waals surface area contributed by atoms with Gasteiger partial charge in [-0.2, -0.15) is 15.1 Å². The van der Waals surface area contributed by atoms with Crippen LogP contribution < -0.4 is 0 Å². The molecule has 0 saturated carbocycles. The van der Waals surface area contributed by atoms with Crippen LogP contribution in [0.25, 0.3) is 0 Å². The maximum atomic E-state index is 9.60. The monoisotopic (exact) mass is 262 g/mol. The second-order valence-corrected chi connectivity index (χ2v) is 4.02. The predicted molar refractivity (Wildman–Crippen MR) is 67.8 cm³/mol. The van der Waals surface area contributed by atoms with Gasteiger partial charge in [0.2, 0.25) is 17.4 Å². The Hall–Kier alpha value is -2.15. The van der Waals surface area contributed by atoms with Gasteiger partial charge in [0.05, 0.1) is 5.69 Å². The maximum absolute atomic E-state index is 9.60. The molecule has 6 nitrogen and oxygen atoms in total. The summed E-state index contributed by atoms with van der Waals surface area (Å²) in [7, 11) is 0. The van der Waals surface area contributed by atoms with E-state index in [9.17, 15) is 10.2 Å². The van der Waals surface area contributed by atoms with Gasteiger partial charge in [0.1, 0.15) is 0 Å². The number of benzene rings is 1. The normalized spacial score (nSPS) is 10.9. The SMILES string of the molecule is CSc1nc(O)c(/N=N/c2ccccc2)c(O)n1. The van der Waals surface area contributed by atoms with Gasteiger partial charge in [0.15, 0.2) is 5.16 Å². The zero-order valence-electron chi connectivity index (χ0n) is 9.48. The summed E-state index contributed by atoms with van der Waals surface area (Å²) in [5, 5.41) is 27.1. The van der Waals surface area contributed by atoms with E-state index in [1.165, 1.54) is 11.8 Å². The Morgan fingerprint density at radius 2 is 1.61 bits per heavy atom. The molecule has 1 aromatic heterocycles. The largest absolute Gasteiger partial charge is 0.491 e. The van der Waals surface area contributed by atoms with Gasteiger partial charge in [0, 0.05) is 0 Å². The molecule has 0 fully saturated rings. The van der Waals surface area contributed by atoms with Crippen molar-refractivity contribution in [1.29, 1.82) is 0 Å². The molecular formula is C11H10N4O2S. The smallest absolute Gasteiger partial charge is 0.247 e. The summed E-state index contributed by atoms with van der Waals surface area (Å²) in [5.41, 5.74) is 0.460. The molecule has 7 heteroatoms. The highest BCUT2D eigenvalue weighted by Crippen LogP contribution is 2.35. The first-order valence-electron chi connectivity index (χ1n) is 5.01. The van der Waals surface area contributed by atoms with Gasteiger partial charge in [-0.3, -0.25) is 0 Å². The van der Waals surface area contributed by atoms with E-state index in [0.717, 1.165) is 0 Å². The summed E-state index contributed by atoms with van der Waals surface area (Å²) in [5.74, 6) is -0.793. The highest BCUT2D eigenvalue weighted by Gasteiger charge is 2.12. The lowest BCUT2D eigenvalue weighted by molar-refractivity contribution is 0.414. The molecule has 0 aliphatic rings. The van der Waals surface area contributed by atoms with E-state index in [1.807, 2.05) is 6.07 Å². The molecule has 2 rings (SSSR count). The molecule has 0 spiro atoms. The Bertz CT molecular complexity index is 552. The zero-order valence-corrected chi connectivity index (χ0v) is 10.3. The first-order chi connectivity index (χ1) is 8.70. The minimum atomic E-state index is -0.397. The van der Waals surface area contributed by atoms with Crippen molar-refractivity contribution in [3.8, 4) is 11.8 Å². The Kier molecular flexibility index (Phi) is 3.73. The molecule has 0 amide bonds. The lowest BCUT2D eigenvalue weighted by atomic mass is 10.3. The highest BCUT2D eigenvalue weighted by atomic mass is 32.2. The molecule has 0 bridgehead atoms. The summed E-state index contributed by atoms with van der Waals surface area (Å²) >= 11 is 1.21. The van der Waals surface area contributed by atoms with E-state index in [-0.39, 0.29) is 10.8 Å². The van der Waals surface area contributed by atoms with Gasteiger partial charge in [-0.25, -0.2) is 0 Å². The van der Waals surface area contributed by atoms with Crippen LogP contribution in [0.3, 0.4) is 0 Å². The van der Waals surface area contributed by atoms with E-state index >= 15 is 0 Å². The first kappa shape index (κ1) is 12.3. The molecule has 1 aromatic carbocycles. The zero-order chi connectivity index (χ0) is 13.0. The lowest BCUT2D eigenvalue weighted by Crippen LogP contribution is -1.86. The van der Waals surface area contributed by atoms with Crippen molar-refractivity contribution in [2.24, 2.45) is 10.2 Å². The van der Waals surface area contributed by atoms with Crippen LogP contribution in [0.15, 0.2) is 45.7 Å². The third kappa shape index (κ3) is 2.75. The second kappa shape index (κ2) is 5.46. The summed E-state index contributed by atoms with van der Waals surface area (Å²) in [4.78, 5) is 7.52. The standard InChI is InChI=1S/C11H10N4O2S/c1-18-11-12-9(16)8(10(17)13-11)15-14-7-5-3-2-4-6-7/h2-6H,1H3,(H2,12,13,16,17)/b15-14+. The molecule has 18 heavy (non-hydrogen) atoms. The summed E-state index contributed by atoms with van der Waals surface area (Å²) in [6.45, 7) is 0. The Labute approximate surface area is 107 Å². The number of aromatic hydroxyl groups is 2. The topological polar surface area (TPSA) is 91.0 Å². The Morgan fingerprint density at radius 1 is 1.00 bits per heavy atom. The van der Waals surface area contributed by atoms with Crippen LogP contribution in [0.1, 0.15) is 0 Å². The van der Waals surface area contributed by atoms with E-state index in [1.54, 1.807) is 30.5 Å². The summed E-state index contributed by atoms with van der Waals surface area (Å²) < 4.78 is 0. The number of aromatic nitrogens is 2. The number of azo groups is 1. The molecule has 1 heterocycles. The van der Waals surface area contributed by atoms with Gasteiger partial charge >= 0.3 is 0 Å². The van der Waals surface area contributed by atoms with E-state index in [0.29, 0.717) is 5.69 Å². The highest BCUT2D eigenvalue weighted by molar-refractivity contribution is 7.98. The maximum Gasteiger partial charge on any atom is 0.247 e. The minimum absolute atomic E-state index is 0.142. The molecule has 2 aromatic rings.